The van der Waals surface area contributed by atoms with Gasteiger partial charge in [-0.25, -0.2) is 0 Å². The summed E-state index contributed by atoms with van der Waals surface area (Å²) in [7, 11) is 0. The van der Waals surface area contributed by atoms with Crippen molar-refractivity contribution in [2.75, 3.05) is 6.54 Å². The molecule has 0 spiro atoms. The minimum Gasteiger partial charge on any atom is -0.352 e. The van der Waals surface area contributed by atoms with Crippen molar-refractivity contribution in [2.24, 2.45) is 5.41 Å². The van der Waals surface area contributed by atoms with E-state index >= 15 is 0 Å². The number of hydrogen-bond donors (Lipinski definition) is 1. The van der Waals surface area contributed by atoms with E-state index in [-0.39, 0.29) is 11.3 Å². The zero-order valence-corrected chi connectivity index (χ0v) is 11.0. The third kappa shape index (κ3) is 3.86. The standard InChI is InChI=1S/C13H18ClNO/c1-9-5-6-10(14)7-11(9)12(16)15-8-13(2,3)4/h5-7H,8H2,1-4H3,(H,15,16). The minimum absolute atomic E-state index is 0.0603. The van der Waals surface area contributed by atoms with Gasteiger partial charge in [-0.2, -0.15) is 0 Å². The van der Waals surface area contributed by atoms with E-state index in [1.807, 2.05) is 13.0 Å². The molecule has 1 N–H and O–H groups in total. The zero-order chi connectivity index (χ0) is 12.3. The number of benzene rings is 1. The summed E-state index contributed by atoms with van der Waals surface area (Å²) in [5.74, 6) is -0.0603. The molecule has 2 nitrogen and oxygen atoms in total. The Morgan fingerprint density at radius 1 is 1.38 bits per heavy atom. The lowest BCUT2D eigenvalue weighted by molar-refractivity contribution is 0.0938. The average Bonchev–Trinajstić information content (AvgIpc) is 2.17. The molecule has 0 aliphatic heterocycles. The molecular formula is C13H18ClNO. The normalized spacial score (nSPS) is 11.3. The number of aryl methyl sites for hydroxylation is 1. The smallest absolute Gasteiger partial charge is 0.251 e. The lowest BCUT2D eigenvalue weighted by Crippen LogP contribution is -2.32. The van der Waals surface area contributed by atoms with Gasteiger partial charge in [0.05, 0.1) is 0 Å². The Labute approximate surface area is 102 Å². The van der Waals surface area contributed by atoms with Crippen LogP contribution < -0.4 is 5.32 Å². The van der Waals surface area contributed by atoms with Crippen LogP contribution in [0.4, 0.5) is 0 Å². The first-order valence-electron chi connectivity index (χ1n) is 5.34. The van der Waals surface area contributed by atoms with Gasteiger partial charge in [0.1, 0.15) is 0 Å². The second-order valence-corrected chi connectivity index (χ2v) is 5.64. The lowest BCUT2D eigenvalue weighted by Gasteiger charge is -2.19. The molecule has 0 bridgehead atoms. The Morgan fingerprint density at radius 3 is 2.56 bits per heavy atom. The molecule has 1 aromatic carbocycles. The summed E-state index contributed by atoms with van der Waals surface area (Å²) in [4.78, 5) is 11.9. The predicted molar refractivity (Wildman–Crippen MR) is 68.0 cm³/mol. The molecule has 0 unspecified atom stereocenters. The van der Waals surface area contributed by atoms with Crippen LogP contribution in [0.15, 0.2) is 18.2 Å². The highest BCUT2D eigenvalue weighted by molar-refractivity contribution is 6.31. The molecule has 0 aliphatic rings. The fourth-order valence-corrected chi connectivity index (χ4v) is 1.45. The van der Waals surface area contributed by atoms with Crippen molar-refractivity contribution < 1.29 is 4.79 Å². The first-order valence-corrected chi connectivity index (χ1v) is 5.72. The minimum atomic E-state index is -0.0603. The van der Waals surface area contributed by atoms with E-state index in [2.05, 4.69) is 26.1 Å². The molecule has 0 fully saturated rings. The van der Waals surface area contributed by atoms with Crippen molar-refractivity contribution in [3.63, 3.8) is 0 Å². The van der Waals surface area contributed by atoms with E-state index in [1.165, 1.54) is 0 Å². The monoisotopic (exact) mass is 239 g/mol. The van der Waals surface area contributed by atoms with E-state index in [0.29, 0.717) is 17.1 Å². The number of halogens is 1. The van der Waals surface area contributed by atoms with Crippen LogP contribution in [0.2, 0.25) is 5.02 Å². The van der Waals surface area contributed by atoms with E-state index in [0.717, 1.165) is 5.56 Å². The first kappa shape index (κ1) is 13.0. The fourth-order valence-electron chi connectivity index (χ4n) is 1.28. The summed E-state index contributed by atoms with van der Waals surface area (Å²) in [6.45, 7) is 8.80. The van der Waals surface area contributed by atoms with Gasteiger partial charge < -0.3 is 5.32 Å². The maximum absolute atomic E-state index is 11.9. The number of carbonyl (C=O) groups is 1. The van der Waals surface area contributed by atoms with E-state index < -0.39 is 0 Å². The van der Waals surface area contributed by atoms with Crippen LogP contribution in [0.5, 0.6) is 0 Å². The van der Waals surface area contributed by atoms with Crippen LogP contribution in [0.1, 0.15) is 36.7 Å². The molecule has 0 radical (unpaired) electrons. The highest BCUT2D eigenvalue weighted by Gasteiger charge is 2.14. The number of nitrogens with one attached hydrogen (secondary N) is 1. The molecule has 1 rings (SSSR count). The molecule has 0 aromatic heterocycles. The molecule has 1 amide bonds. The number of hydrogen-bond acceptors (Lipinski definition) is 1. The van der Waals surface area contributed by atoms with Crippen molar-refractivity contribution >= 4 is 17.5 Å². The summed E-state index contributed by atoms with van der Waals surface area (Å²) in [5.41, 5.74) is 1.68. The van der Waals surface area contributed by atoms with Crippen LogP contribution in [-0.4, -0.2) is 12.5 Å². The van der Waals surface area contributed by atoms with Gasteiger partial charge in [-0.3, -0.25) is 4.79 Å². The van der Waals surface area contributed by atoms with Crippen LogP contribution in [0.25, 0.3) is 0 Å². The second-order valence-electron chi connectivity index (χ2n) is 5.20. The lowest BCUT2D eigenvalue weighted by atomic mass is 9.96. The first-order chi connectivity index (χ1) is 7.29. The van der Waals surface area contributed by atoms with E-state index in [4.69, 9.17) is 11.6 Å². The third-order valence-corrected chi connectivity index (χ3v) is 2.46. The topological polar surface area (TPSA) is 29.1 Å². The summed E-state index contributed by atoms with van der Waals surface area (Å²) in [5, 5.41) is 3.50. The largest absolute Gasteiger partial charge is 0.352 e. The molecule has 0 saturated carbocycles. The summed E-state index contributed by atoms with van der Waals surface area (Å²) in [6, 6.07) is 5.35. The molecule has 3 heteroatoms. The summed E-state index contributed by atoms with van der Waals surface area (Å²) < 4.78 is 0. The van der Waals surface area contributed by atoms with Crippen molar-refractivity contribution in [1.29, 1.82) is 0 Å². The maximum Gasteiger partial charge on any atom is 0.251 e. The van der Waals surface area contributed by atoms with Gasteiger partial charge in [-0.1, -0.05) is 38.4 Å². The number of carbonyl (C=O) groups excluding carboxylic acids is 1. The third-order valence-electron chi connectivity index (χ3n) is 2.22. The maximum atomic E-state index is 11.9. The van der Waals surface area contributed by atoms with Crippen LogP contribution >= 0.6 is 11.6 Å². The van der Waals surface area contributed by atoms with Crippen LogP contribution in [0.3, 0.4) is 0 Å². The molecule has 88 valence electrons. The Hall–Kier alpha value is -1.02. The molecule has 16 heavy (non-hydrogen) atoms. The molecule has 0 heterocycles. The van der Waals surface area contributed by atoms with Gasteiger partial charge >= 0.3 is 0 Å². The summed E-state index contributed by atoms with van der Waals surface area (Å²) in [6.07, 6.45) is 0. The van der Waals surface area contributed by atoms with Gasteiger partial charge in [0.25, 0.3) is 5.91 Å². The molecule has 0 saturated heterocycles. The van der Waals surface area contributed by atoms with Crippen molar-refractivity contribution in [3.8, 4) is 0 Å². The highest BCUT2D eigenvalue weighted by Crippen LogP contribution is 2.16. The molecular weight excluding hydrogens is 222 g/mol. The molecule has 0 atom stereocenters. The van der Waals surface area contributed by atoms with Gasteiger partial charge in [0.2, 0.25) is 0 Å². The highest BCUT2D eigenvalue weighted by atomic mass is 35.5. The second kappa shape index (κ2) is 4.88. The Balaban J connectivity index is 2.77. The van der Waals surface area contributed by atoms with Crippen LogP contribution in [0, 0.1) is 12.3 Å². The zero-order valence-electron chi connectivity index (χ0n) is 10.2. The molecule has 1 aromatic rings. The summed E-state index contributed by atoms with van der Waals surface area (Å²) >= 11 is 5.87. The van der Waals surface area contributed by atoms with E-state index in [1.54, 1.807) is 12.1 Å². The SMILES string of the molecule is Cc1ccc(Cl)cc1C(=O)NCC(C)(C)C. The van der Waals surface area contributed by atoms with E-state index in [9.17, 15) is 4.79 Å². The predicted octanol–water partition coefficient (Wildman–Crippen LogP) is 3.42. The molecule has 0 aliphatic carbocycles. The fraction of sp³-hybridized carbons (Fsp3) is 0.462. The van der Waals surface area contributed by atoms with Gasteiger partial charge in [-0.15, -0.1) is 0 Å². The van der Waals surface area contributed by atoms with Crippen molar-refractivity contribution in [3.05, 3.63) is 34.3 Å². The van der Waals surface area contributed by atoms with Gasteiger partial charge in [0, 0.05) is 17.1 Å². The Morgan fingerprint density at radius 2 is 2.00 bits per heavy atom. The van der Waals surface area contributed by atoms with Gasteiger partial charge in [-0.05, 0) is 30.0 Å². The number of amides is 1. The quantitative estimate of drug-likeness (QED) is 0.842. The van der Waals surface area contributed by atoms with Crippen molar-refractivity contribution in [1.82, 2.24) is 5.32 Å². The van der Waals surface area contributed by atoms with Crippen molar-refractivity contribution in [2.45, 2.75) is 27.7 Å². The number of rotatable bonds is 2. The van der Waals surface area contributed by atoms with Gasteiger partial charge in [0.15, 0.2) is 0 Å². The Bertz CT molecular complexity index is 393. The average molecular weight is 240 g/mol. The van der Waals surface area contributed by atoms with Crippen LogP contribution in [-0.2, 0) is 0 Å². The Kier molecular flexibility index (Phi) is 3.98.